The highest BCUT2D eigenvalue weighted by atomic mass is 16.7. The summed E-state index contributed by atoms with van der Waals surface area (Å²) in [6.07, 6.45) is 4.11. The predicted molar refractivity (Wildman–Crippen MR) is 117 cm³/mol. The van der Waals surface area contributed by atoms with Crippen LogP contribution in [0.15, 0.2) is 41.2 Å². The van der Waals surface area contributed by atoms with Crippen LogP contribution in [0.3, 0.4) is 0 Å². The van der Waals surface area contributed by atoms with Gasteiger partial charge >= 0.3 is 0 Å². The van der Waals surface area contributed by atoms with Gasteiger partial charge in [0.1, 0.15) is 24.3 Å². The number of hydrogen-bond donors (Lipinski definition) is 1. The fourth-order valence-corrected chi connectivity index (χ4v) is 3.54. The van der Waals surface area contributed by atoms with Gasteiger partial charge in [-0.1, -0.05) is 0 Å². The van der Waals surface area contributed by atoms with Gasteiger partial charge in [0.2, 0.25) is 0 Å². The molecule has 8 heteroatoms. The minimum absolute atomic E-state index is 0.0199. The van der Waals surface area contributed by atoms with Crippen LogP contribution < -0.4 is 20.9 Å². The van der Waals surface area contributed by atoms with Crippen LogP contribution in [0.1, 0.15) is 25.7 Å². The van der Waals surface area contributed by atoms with Gasteiger partial charge in [-0.2, -0.15) is 0 Å². The fraction of sp³-hybridized carbons (Fsp3) is 0.409. The van der Waals surface area contributed by atoms with Crippen molar-refractivity contribution in [1.82, 2.24) is 19.6 Å². The molecule has 0 saturated heterocycles. The molecule has 1 aromatic carbocycles. The molecule has 0 amide bonds. The van der Waals surface area contributed by atoms with E-state index in [0.717, 1.165) is 43.5 Å². The summed E-state index contributed by atoms with van der Waals surface area (Å²) in [7, 11) is 4.01. The summed E-state index contributed by atoms with van der Waals surface area (Å²) in [5.74, 6) is 1.52. The van der Waals surface area contributed by atoms with E-state index in [0.29, 0.717) is 29.3 Å². The number of likely N-dealkylation sites (N-methyl/N-ethyl adjacent to an activating group) is 1. The van der Waals surface area contributed by atoms with Gasteiger partial charge in [-0.25, -0.2) is 9.97 Å². The van der Waals surface area contributed by atoms with Crippen molar-refractivity contribution in [1.29, 1.82) is 0 Å². The van der Waals surface area contributed by atoms with Crippen molar-refractivity contribution in [2.24, 2.45) is 0 Å². The zero-order valence-electron chi connectivity index (χ0n) is 17.4. The highest BCUT2D eigenvalue weighted by Crippen LogP contribution is 2.25. The Morgan fingerprint density at radius 2 is 1.83 bits per heavy atom. The number of nitrogens with zero attached hydrogens (tertiary/aromatic N) is 4. The summed E-state index contributed by atoms with van der Waals surface area (Å²) < 4.78 is 7.01. The third-order valence-corrected chi connectivity index (χ3v) is 5.22. The third-order valence-electron chi connectivity index (χ3n) is 5.22. The summed E-state index contributed by atoms with van der Waals surface area (Å²) >= 11 is 0. The van der Waals surface area contributed by atoms with Crippen molar-refractivity contribution >= 4 is 16.9 Å². The first-order chi connectivity index (χ1) is 14.5. The number of fused-ring (bicyclic) bond motifs is 1. The highest BCUT2D eigenvalue weighted by molar-refractivity contribution is 5.87. The van der Waals surface area contributed by atoms with Gasteiger partial charge in [0.15, 0.2) is 11.5 Å². The molecular formula is C22H27N5O3. The molecule has 2 heterocycles. The largest absolute Gasteiger partial charge is 0.492 e. The monoisotopic (exact) mass is 409 g/mol. The molecule has 0 atom stereocenters. The van der Waals surface area contributed by atoms with Crippen LogP contribution in [0.4, 0.5) is 5.82 Å². The molecule has 2 aromatic heterocycles. The second kappa shape index (κ2) is 8.71. The van der Waals surface area contributed by atoms with Crippen LogP contribution >= 0.6 is 0 Å². The lowest BCUT2D eigenvalue weighted by Gasteiger charge is -2.16. The standard InChI is InChI=1S/C22H27N5O3/c1-26(2)13-14-29-16-9-7-15(8-10-16)21-24-20(23)18-11-12-19(28)27(22(18)25-21)30-17-5-3-4-6-17/h7-12,17H,3-6,13-14H2,1-2H3,(H2,23,24,25). The van der Waals surface area contributed by atoms with Crippen LogP contribution in [0, 0.1) is 0 Å². The number of nitrogen functional groups attached to an aromatic ring is 1. The molecule has 8 nitrogen and oxygen atoms in total. The maximum atomic E-state index is 12.5. The van der Waals surface area contributed by atoms with Crippen LogP contribution in [-0.4, -0.2) is 52.9 Å². The molecule has 2 N–H and O–H groups in total. The molecule has 3 aromatic rings. The molecule has 4 rings (SSSR count). The zero-order valence-corrected chi connectivity index (χ0v) is 17.4. The lowest BCUT2D eigenvalue weighted by molar-refractivity contribution is 0.0422. The Bertz CT molecular complexity index is 1070. The lowest BCUT2D eigenvalue weighted by Crippen LogP contribution is -2.32. The van der Waals surface area contributed by atoms with Crippen LogP contribution in [0.25, 0.3) is 22.4 Å². The summed E-state index contributed by atoms with van der Waals surface area (Å²) in [5.41, 5.74) is 7.11. The first kappa shape index (κ1) is 20.2. The van der Waals surface area contributed by atoms with Gasteiger partial charge in [0.25, 0.3) is 5.56 Å². The molecule has 0 spiro atoms. The van der Waals surface area contributed by atoms with E-state index in [9.17, 15) is 4.79 Å². The van der Waals surface area contributed by atoms with Gasteiger partial charge in [-0.15, -0.1) is 4.73 Å². The number of anilines is 1. The smallest absolute Gasteiger partial charge is 0.285 e. The number of pyridine rings is 1. The molecule has 0 aliphatic heterocycles. The van der Waals surface area contributed by atoms with E-state index in [1.165, 1.54) is 10.8 Å². The average molecular weight is 409 g/mol. The maximum Gasteiger partial charge on any atom is 0.285 e. The molecule has 0 bridgehead atoms. The van der Waals surface area contributed by atoms with Gasteiger partial charge in [0, 0.05) is 18.2 Å². The van der Waals surface area contributed by atoms with Crippen molar-refractivity contribution in [2.75, 3.05) is 33.0 Å². The molecule has 30 heavy (non-hydrogen) atoms. The van der Waals surface area contributed by atoms with E-state index in [4.69, 9.17) is 15.3 Å². The Morgan fingerprint density at radius 1 is 1.10 bits per heavy atom. The van der Waals surface area contributed by atoms with Crippen LogP contribution in [0.5, 0.6) is 5.75 Å². The number of aromatic nitrogens is 3. The average Bonchev–Trinajstić information content (AvgIpc) is 3.23. The molecule has 1 fully saturated rings. The molecule has 0 radical (unpaired) electrons. The van der Waals surface area contributed by atoms with Gasteiger partial charge in [-0.05, 0) is 70.1 Å². The lowest BCUT2D eigenvalue weighted by atomic mass is 10.2. The normalized spacial score (nSPS) is 14.5. The van der Waals surface area contributed by atoms with Crippen molar-refractivity contribution in [3.8, 4) is 17.1 Å². The van der Waals surface area contributed by atoms with Crippen molar-refractivity contribution < 1.29 is 9.57 Å². The van der Waals surface area contributed by atoms with E-state index < -0.39 is 0 Å². The predicted octanol–water partition coefficient (Wildman–Crippen LogP) is 2.35. The Kier molecular flexibility index (Phi) is 5.85. The number of hydrogen-bond acceptors (Lipinski definition) is 7. The van der Waals surface area contributed by atoms with Crippen molar-refractivity contribution in [3.05, 3.63) is 46.8 Å². The Balaban J connectivity index is 1.65. The van der Waals surface area contributed by atoms with E-state index in [2.05, 4.69) is 14.9 Å². The minimum atomic E-state index is -0.261. The number of rotatable bonds is 7. The molecule has 1 aliphatic carbocycles. The van der Waals surface area contributed by atoms with Gasteiger partial charge in [0.05, 0.1) is 5.39 Å². The number of nitrogens with two attached hydrogens (primary N) is 1. The maximum absolute atomic E-state index is 12.5. The zero-order chi connectivity index (χ0) is 21.1. The van der Waals surface area contributed by atoms with Crippen molar-refractivity contribution in [3.63, 3.8) is 0 Å². The molecule has 0 unspecified atom stereocenters. The van der Waals surface area contributed by atoms with E-state index in [-0.39, 0.29) is 11.7 Å². The van der Waals surface area contributed by atoms with Crippen LogP contribution in [-0.2, 0) is 0 Å². The molecule has 158 valence electrons. The first-order valence-corrected chi connectivity index (χ1v) is 10.3. The summed E-state index contributed by atoms with van der Waals surface area (Å²) in [6.45, 7) is 1.45. The Morgan fingerprint density at radius 3 is 2.53 bits per heavy atom. The second-order valence-electron chi connectivity index (χ2n) is 7.82. The van der Waals surface area contributed by atoms with Crippen molar-refractivity contribution in [2.45, 2.75) is 31.8 Å². The Hall–Kier alpha value is -3.13. The topological polar surface area (TPSA) is 95.5 Å². The number of ether oxygens (including phenoxy) is 1. The van der Waals surface area contributed by atoms with E-state index in [1.54, 1.807) is 6.07 Å². The van der Waals surface area contributed by atoms with Crippen LogP contribution in [0.2, 0.25) is 0 Å². The Labute approximate surface area is 175 Å². The SMILES string of the molecule is CN(C)CCOc1ccc(-c2nc(N)c3ccc(=O)n(OC4CCCC4)c3n2)cc1. The third kappa shape index (κ3) is 4.38. The fourth-order valence-electron chi connectivity index (χ4n) is 3.54. The molecular weight excluding hydrogens is 382 g/mol. The molecule has 1 aliphatic rings. The van der Waals surface area contributed by atoms with Gasteiger partial charge < -0.3 is 20.2 Å². The van der Waals surface area contributed by atoms with E-state index in [1.807, 2.05) is 38.4 Å². The molecule has 1 saturated carbocycles. The quantitative estimate of drug-likeness (QED) is 0.640. The minimum Gasteiger partial charge on any atom is -0.492 e. The second-order valence-corrected chi connectivity index (χ2v) is 7.82. The highest BCUT2D eigenvalue weighted by Gasteiger charge is 2.20. The van der Waals surface area contributed by atoms with E-state index >= 15 is 0 Å². The first-order valence-electron chi connectivity index (χ1n) is 10.3. The summed E-state index contributed by atoms with van der Waals surface area (Å²) in [5, 5.41) is 0.597. The van der Waals surface area contributed by atoms with Gasteiger partial charge in [-0.3, -0.25) is 4.79 Å². The number of benzene rings is 1. The summed E-state index contributed by atoms with van der Waals surface area (Å²) in [4.78, 5) is 29.6. The summed E-state index contributed by atoms with van der Waals surface area (Å²) in [6, 6.07) is 10.6.